The van der Waals surface area contributed by atoms with Gasteiger partial charge in [-0.1, -0.05) is 0 Å². The lowest BCUT2D eigenvalue weighted by atomic mass is 10.1. The van der Waals surface area contributed by atoms with Crippen LogP contribution in [0.5, 0.6) is 0 Å². The molecule has 2 atom stereocenters. The molecule has 1 aromatic carbocycles. The predicted molar refractivity (Wildman–Crippen MR) is 62.3 cm³/mol. The highest BCUT2D eigenvalue weighted by molar-refractivity contribution is 5.94. The van der Waals surface area contributed by atoms with E-state index in [-0.39, 0.29) is 23.4 Å². The number of alkyl halides is 3. The number of hydrogen-bond acceptors (Lipinski definition) is 2. The van der Waals surface area contributed by atoms with E-state index in [9.17, 15) is 22.4 Å². The number of hydrogen-bond donors (Lipinski definition) is 1. The quantitative estimate of drug-likeness (QED) is 0.802. The summed E-state index contributed by atoms with van der Waals surface area (Å²) in [4.78, 5) is 13.6. The van der Waals surface area contributed by atoms with E-state index in [1.165, 1.54) is 4.90 Å². The predicted octanol–water partition coefficient (Wildman–Crippen LogP) is 1.87. The number of amides is 1. The Kier molecular flexibility index (Phi) is 2.79. The molecule has 2 unspecified atom stereocenters. The van der Waals surface area contributed by atoms with Crippen LogP contribution in [-0.4, -0.2) is 29.9 Å². The molecule has 1 saturated carbocycles. The molecule has 2 N–H and O–H groups in total. The summed E-state index contributed by atoms with van der Waals surface area (Å²) >= 11 is 0. The Labute approximate surface area is 112 Å². The van der Waals surface area contributed by atoms with Crippen LogP contribution in [0.1, 0.15) is 15.9 Å². The topological polar surface area (TPSA) is 46.3 Å². The monoisotopic (exact) mass is 288 g/mol. The normalized spacial score (nSPS) is 28.4. The highest BCUT2D eigenvalue weighted by Gasteiger charge is 2.54. The van der Waals surface area contributed by atoms with Crippen molar-refractivity contribution in [2.75, 3.05) is 13.1 Å². The number of fused-ring (bicyclic) bond motifs is 1. The smallest absolute Gasteiger partial charge is 0.338 e. The Morgan fingerprint density at radius 1 is 1.25 bits per heavy atom. The molecule has 7 heteroatoms. The number of piperidine rings is 1. The fourth-order valence-corrected chi connectivity index (χ4v) is 2.80. The van der Waals surface area contributed by atoms with E-state index in [1.54, 1.807) is 0 Å². The minimum Gasteiger partial charge on any atom is -0.338 e. The molecule has 1 aromatic rings. The molecule has 2 aliphatic rings. The second kappa shape index (κ2) is 4.18. The van der Waals surface area contributed by atoms with Gasteiger partial charge in [-0.15, -0.1) is 0 Å². The van der Waals surface area contributed by atoms with Crippen molar-refractivity contribution in [2.45, 2.75) is 12.2 Å². The summed E-state index contributed by atoms with van der Waals surface area (Å²) in [7, 11) is 0. The van der Waals surface area contributed by atoms with Crippen molar-refractivity contribution in [3.05, 3.63) is 35.1 Å². The lowest BCUT2D eigenvalue weighted by Crippen LogP contribution is -2.34. The second-order valence-corrected chi connectivity index (χ2v) is 5.31. The van der Waals surface area contributed by atoms with Crippen molar-refractivity contribution >= 4 is 5.91 Å². The molecule has 3 nitrogen and oxygen atoms in total. The van der Waals surface area contributed by atoms with Gasteiger partial charge in [0.1, 0.15) is 5.82 Å². The first-order valence-corrected chi connectivity index (χ1v) is 6.20. The molecule has 0 spiro atoms. The van der Waals surface area contributed by atoms with E-state index in [0.717, 1.165) is 6.07 Å². The third-order valence-electron chi connectivity index (χ3n) is 4.07. The Hall–Kier alpha value is -1.63. The molecule has 1 aliphatic carbocycles. The van der Waals surface area contributed by atoms with Crippen molar-refractivity contribution in [1.82, 2.24) is 4.90 Å². The van der Waals surface area contributed by atoms with Gasteiger partial charge in [0.15, 0.2) is 0 Å². The van der Waals surface area contributed by atoms with Crippen molar-refractivity contribution in [2.24, 2.45) is 17.6 Å². The number of rotatable bonds is 1. The first-order chi connectivity index (χ1) is 9.29. The van der Waals surface area contributed by atoms with Crippen molar-refractivity contribution in [3.63, 3.8) is 0 Å². The highest BCUT2D eigenvalue weighted by Crippen LogP contribution is 2.44. The van der Waals surface area contributed by atoms with Crippen molar-refractivity contribution in [3.8, 4) is 0 Å². The summed E-state index contributed by atoms with van der Waals surface area (Å²) in [6.07, 6.45) is -4.81. The summed E-state index contributed by atoms with van der Waals surface area (Å²) in [5.74, 6) is -1.38. The van der Waals surface area contributed by atoms with Gasteiger partial charge in [0.05, 0.1) is 5.56 Å². The fraction of sp³-hybridized carbons (Fsp3) is 0.462. The number of likely N-dealkylation sites (tertiary alicyclic amines) is 1. The number of carbonyl (C=O) groups excluding carboxylic acids is 1. The van der Waals surface area contributed by atoms with Crippen LogP contribution in [0.15, 0.2) is 18.2 Å². The van der Waals surface area contributed by atoms with Crippen LogP contribution < -0.4 is 5.73 Å². The molecule has 108 valence electrons. The molecule has 3 rings (SSSR count). The molecule has 0 aromatic heterocycles. The molecular weight excluding hydrogens is 276 g/mol. The van der Waals surface area contributed by atoms with Crippen molar-refractivity contribution in [1.29, 1.82) is 0 Å². The Balaban J connectivity index is 1.82. The molecular formula is C13H12F4N2O. The van der Waals surface area contributed by atoms with E-state index >= 15 is 0 Å². The first kappa shape index (κ1) is 13.4. The van der Waals surface area contributed by atoms with Gasteiger partial charge in [0, 0.05) is 24.7 Å². The lowest BCUT2D eigenvalue weighted by Gasteiger charge is -2.19. The van der Waals surface area contributed by atoms with Crippen LogP contribution in [0.25, 0.3) is 0 Å². The number of benzene rings is 1. The van der Waals surface area contributed by atoms with Crippen LogP contribution in [0.4, 0.5) is 17.6 Å². The maximum Gasteiger partial charge on any atom is 0.419 e. The zero-order chi connectivity index (χ0) is 14.7. The zero-order valence-corrected chi connectivity index (χ0v) is 10.3. The largest absolute Gasteiger partial charge is 0.419 e. The average molecular weight is 288 g/mol. The SMILES string of the molecule is NC1C2CN(C(=O)c3ccc(F)c(C(F)(F)F)c3)CC12. The number of nitrogens with zero attached hydrogens (tertiary/aromatic N) is 1. The lowest BCUT2D eigenvalue weighted by molar-refractivity contribution is -0.140. The summed E-state index contributed by atoms with van der Waals surface area (Å²) in [6, 6.07) is 2.43. The van der Waals surface area contributed by atoms with Crippen LogP contribution in [0, 0.1) is 17.7 Å². The van der Waals surface area contributed by atoms with E-state index in [2.05, 4.69) is 0 Å². The van der Waals surface area contributed by atoms with E-state index < -0.39 is 23.5 Å². The highest BCUT2D eigenvalue weighted by atomic mass is 19.4. The number of nitrogens with two attached hydrogens (primary N) is 1. The minimum absolute atomic E-state index is 0.0954. The van der Waals surface area contributed by atoms with Gasteiger partial charge < -0.3 is 10.6 Å². The van der Waals surface area contributed by atoms with Gasteiger partial charge in [0.2, 0.25) is 0 Å². The van der Waals surface area contributed by atoms with E-state index in [1.807, 2.05) is 0 Å². The second-order valence-electron chi connectivity index (χ2n) is 5.31. The van der Waals surface area contributed by atoms with Gasteiger partial charge in [-0.05, 0) is 30.0 Å². The van der Waals surface area contributed by atoms with E-state index in [0.29, 0.717) is 25.2 Å². The van der Waals surface area contributed by atoms with Crippen molar-refractivity contribution < 1.29 is 22.4 Å². The minimum atomic E-state index is -4.81. The van der Waals surface area contributed by atoms with Gasteiger partial charge >= 0.3 is 6.18 Å². The maximum atomic E-state index is 13.2. The molecule has 0 radical (unpaired) electrons. The molecule has 0 bridgehead atoms. The van der Waals surface area contributed by atoms with Crippen LogP contribution in [-0.2, 0) is 6.18 Å². The Morgan fingerprint density at radius 2 is 1.85 bits per heavy atom. The molecule has 1 saturated heterocycles. The molecule has 1 aliphatic heterocycles. The van der Waals surface area contributed by atoms with Gasteiger partial charge in [-0.25, -0.2) is 4.39 Å². The number of carbonyl (C=O) groups is 1. The Bertz CT molecular complexity index is 560. The van der Waals surface area contributed by atoms with Crippen LogP contribution >= 0.6 is 0 Å². The van der Waals surface area contributed by atoms with Gasteiger partial charge in [-0.3, -0.25) is 4.79 Å². The summed E-state index contributed by atoms with van der Waals surface area (Å²) in [6.45, 7) is 0.923. The first-order valence-electron chi connectivity index (χ1n) is 6.20. The summed E-state index contributed by atoms with van der Waals surface area (Å²) in [5.41, 5.74) is 4.18. The van der Waals surface area contributed by atoms with Crippen LogP contribution in [0.2, 0.25) is 0 Å². The molecule has 1 amide bonds. The number of halogens is 4. The van der Waals surface area contributed by atoms with Gasteiger partial charge in [-0.2, -0.15) is 13.2 Å². The summed E-state index contributed by atoms with van der Waals surface area (Å²) < 4.78 is 51.0. The molecule has 2 fully saturated rings. The fourth-order valence-electron chi connectivity index (χ4n) is 2.80. The van der Waals surface area contributed by atoms with E-state index in [4.69, 9.17) is 5.73 Å². The third kappa shape index (κ3) is 2.06. The average Bonchev–Trinajstić information content (AvgIpc) is 2.80. The summed E-state index contributed by atoms with van der Waals surface area (Å²) in [5, 5.41) is 0. The zero-order valence-electron chi connectivity index (χ0n) is 10.3. The molecule has 1 heterocycles. The molecule has 20 heavy (non-hydrogen) atoms. The van der Waals surface area contributed by atoms with Crippen LogP contribution in [0.3, 0.4) is 0 Å². The third-order valence-corrected chi connectivity index (χ3v) is 4.07. The Morgan fingerprint density at radius 3 is 2.40 bits per heavy atom. The maximum absolute atomic E-state index is 13.2. The standard InChI is InChI=1S/C13H12F4N2O/c14-10-2-1-6(3-9(10)13(15,16)17)12(20)19-4-7-8(5-19)11(7)18/h1-3,7-8,11H,4-5,18H2. The van der Waals surface area contributed by atoms with Gasteiger partial charge in [0.25, 0.3) is 5.91 Å².